The number of amides is 1. The minimum atomic E-state index is -3.40. The van der Waals surface area contributed by atoms with Crippen LogP contribution in [0.15, 0.2) is 36.4 Å². The van der Waals surface area contributed by atoms with E-state index in [2.05, 4.69) is 5.32 Å². The number of ether oxygens (including phenoxy) is 1. The third-order valence-electron chi connectivity index (χ3n) is 4.59. The molecule has 1 N–H and O–H groups in total. The number of carbonyl (C=O) groups excluding carboxylic acids is 1. The molecule has 7 heteroatoms. The molecule has 0 aliphatic carbocycles. The Balaban J connectivity index is 2.01. The minimum Gasteiger partial charge on any atom is -0.491 e. The summed E-state index contributed by atoms with van der Waals surface area (Å²) in [4.78, 5) is 12.5. The van der Waals surface area contributed by atoms with E-state index in [0.717, 1.165) is 23.1 Å². The number of rotatable bonds is 7. The van der Waals surface area contributed by atoms with Crippen LogP contribution in [0.3, 0.4) is 0 Å². The van der Waals surface area contributed by atoms with Crippen molar-refractivity contribution in [3.05, 3.63) is 58.7 Å². The van der Waals surface area contributed by atoms with Crippen molar-refractivity contribution in [1.29, 1.82) is 0 Å². The van der Waals surface area contributed by atoms with Gasteiger partial charge in [-0.15, -0.1) is 0 Å². The average Bonchev–Trinajstić information content (AvgIpc) is 2.60. The highest BCUT2D eigenvalue weighted by Gasteiger charge is 2.18. The summed E-state index contributed by atoms with van der Waals surface area (Å²) in [5.41, 5.74) is 3.76. The van der Waals surface area contributed by atoms with Crippen LogP contribution >= 0.6 is 0 Å². The molecular weight excluding hydrogens is 364 g/mol. The van der Waals surface area contributed by atoms with Gasteiger partial charge in [0, 0.05) is 12.6 Å². The molecule has 0 bridgehead atoms. The van der Waals surface area contributed by atoms with E-state index < -0.39 is 10.0 Å². The van der Waals surface area contributed by atoms with Gasteiger partial charge in [-0.25, -0.2) is 8.42 Å². The second-order valence-corrected chi connectivity index (χ2v) is 8.50. The van der Waals surface area contributed by atoms with E-state index in [1.807, 2.05) is 32.0 Å². The molecule has 146 valence electrons. The highest BCUT2D eigenvalue weighted by Crippen LogP contribution is 2.24. The van der Waals surface area contributed by atoms with Crippen molar-refractivity contribution in [2.24, 2.45) is 0 Å². The molecule has 0 atom stereocenters. The number of sulfonamides is 1. The highest BCUT2D eigenvalue weighted by molar-refractivity contribution is 7.92. The van der Waals surface area contributed by atoms with Crippen molar-refractivity contribution < 1.29 is 17.9 Å². The van der Waals surface area contributed by atoms with Crippen molar-refractivity contribution in [2.75, 3.05) is 30.8 Å². The molecule has 0 saturated heterocycles. The van der Waals surface area contributed by atoms with Crippen molar-refractivity contribution >= 4 is 21.6 Å². The maximum atomic E-state index is 12.5. The third kappa shape index (κ3) is 5.01. The highest BCUT2D eigenvalue weighted by atomic mass is 32.2. The van der Waals surface area contributed by atoms with Crippen LogP contribution in [0, 0.1) is 20.8 Å². The van der Waals surface area contributed by atoms with Gasteiger partial charge in [-0.2, -0.15) is 0 Å². The number of anilines is 1. The summed E-state index contributed by atoms with van der Waals surface area (Å²) in [5, 5.41) is 2.82. The fraction of sp³-hybridized carbons (Fsp3) is 0.350. The molecule has 2 aromatic carbocycles. The number of hydrogen-bond acceptors (Lipinski definition) is 4. The topological polar surface area (TPSA) is 75.7 Å². The van der Waals surface area contributed by atoms with E-state index in [1.54, 1.807) is 25.1 Å². The van der Waals surface area contributed by atoms with Gasteiger partial charge in [0.15, 0.2) is 0 Å². The standard InChI is InChI=1S/C20H26N2O4S/c1-14-8-6-11-19(15(14)2)26-13-12-21-20(23)17-9-7-10-18(16(17)3)22(4)27(5,24)25/h6-11H,12-13H2,1-5H3,(H,21,23). The summed E-state index contributed by atoms with van der Waals surface area (Å²) < 4.78 is 30.4. The minimum absolute atomic E-state index is 0.263. The SMILES string of the molecule is Cc1cccc(OCCNC(=O)c2cccc(N(C)S(C)(=O)=O)c2C)c1C. The first-order valence-corrected chi connectivity index (χ1v) is 10.5. The van der Waals surface area contributed by atoms with Gasteiger partial charge < -0.3 is 10.1 Å². The van der Waals surface area contributed by atoms with Gasteiger partial charge in [-0.1, -0.05) is 18.2 Å². The molecule has 0 fully saturated rings. The lowest BCUT2D eigenvalue weighted by atomic mass is 10.1. The van der Waals surface area contributed by atoms with E-state index in [-0.39, 0.29) is 5.91 Å². The first kappa shape index (κ1) is 20.8. The maximum Gasteiger partial charge on any atom is 0.251 e. The fourth-order valence-corrected chi connectivity index (χ4v) is 3.25. The van der Waals surface area contributed by atoms with Gasteiger partial charge in [-0.05, 0) is 55.7 Å². The normalized spacial score (nSPS) is 11.1. The number of nitrogens with one attached hydrogen (secondary N) is 1. The maximum absolute atomic E-state index is 12.5. The van der Waals surface area contributed by atoms with Crippen LogP contribution in [0.5, 0.6) is 5.75 Å². The average molecular weight is 391 g/mol. The molecule has 27 heavy (non-hydrogen) atoms. The lowest BCUT2D eigenvalue weighted by molar-refractivity contribution is 0.0946. The molecule has 0 aliphatic heterocycles. The van der Waals surface area contributed by atoms with Gasteiger partial charge in [0.1, 0.15) is 12.4 Å². The summed E-state index contributed by atoms with van der Waals surface area (Å²) in [7, 11) is -1.93. The van der Waals surface area contributed by atoms with E-state index in [9.17, 15) is 13.2 Å². The van der Waals surface area contributed by atoms with Gasteiger partial charge in [0.25, 0.3) is 5.91 Å². The molecule has 0 radical (unpaired) electrons. The van der Waals surface area contributed by atoms with Crippen molar-refractivity contribution in [1.82, 2.24) is 5.32 Å². The van der Waals surface area contributed by atoms with Gasteiger partial charge in [0.2, 0.25) is 10.0 Å². The van der Waals surface area contributed by atoms with E-state index in [0.29, 0.717) is 30.0 Å². The Bertz CT molecular complexity index is 939. The van der Waals surface area contributed by atoms with Crippen LogP contribution in [0.4, 0.5) is 5.69 Å². The Kier molecular flexibility index (Phi) is 6.49. The Morgan fingerprint density at radius 2 is 1.74 bits per heavy atom. The Hall–Kier alpha value is -2.54. The van der Waals surface area contributed by atoms with Crippen LogP contribution in [-0.4, -0.2) is 40.8 Å². The number of nitrogens with zero attached hydrogens (tertiary/aromatic N) is 1. The molecule has 0 aliphatic rings. The lowest BCUT2D eigenvalue weighted by Crippen LogP contribution is -2.30. The van der Waals surface area contributed by atoms with E-state index in [1.165, 1.54) is 11.4 Å². The molecule has 0 saturated carbocycles. The second-order valence-electron chi connectivity index (χ2n) is 6.48. The second kappa shape index (κ2) is 8.43. The predicted octanol–water partition coefficient (Wildman–Crippen LogP) is 2.82. The largest absolute Gasteiger partial charge is 0.491 e. The first-order chi connectivity index (χ1) is 12.6. The predicted molar refractivity (Wildman–Crippen MR) is 108 cm³/mol. The zero-order chi connectivity index (χ0) is 20.2. The van der Waals surface area contributed by atoms with Gasteiger partial charge in [0.05, 0.1) is 18.5 Å². The summed E-state index contributed by atoms with van der Waals surface area (Å²) in [6, 6.07) is 10.9. The van der Waals surface area contributed by atoms with Gasteiger partial charge in [-0.3, -0.25) is 9.10 Å². The summed E-state index contributed by atoms with van der Waals surface area (Å²) in [6.45, 7) is 6.44. The number of carbonyl (C=O) groups is 1. The monoisotopic (exact) mass is 390 g/mol. The van der Waals surface area contributed by atoms with Crippen LogP contribution in [0.25, 0.3) is 0 Å². The van der Waals surface area contributed by atoms with E-state index in [4.69, 9.17) is 4.74 Å². The van der Waals surface area contributed by atoms with Crippen molar-refractivity contribution in [3.63, 3.8) is 0 Å². The molecule has 2 aromatic rings. The van der Waals surface area contributed by atoms with Crippen molar-refractivity contribution in [3.8, 4) is 5.75 Å². The molecule has 1 amide bonds. The van der Waals surface area contributed by atoms with E-state index >= 15 is 0 Å². The molecule has 2 rings (SSSR count). The summed E-state index contributed by atoms with van der Waals surface area (Å²) >= 11 is 0. The Morgan fingerprint density at radius 3 is 2.41 bits per heavy atom. The first-order valence-electron chi connectivity index (χ1n) is 8.63. The smallest absolute Gasteiger partial charge is 0.251 e. The molecule has 6 nitrogen and oxygen atoms in total. The quantitative estimate of drug-likeness (QED) is 0.738. The zero-order valence-corrected chi connectivity index (χ0v) is 17.2. The number of aryl methyl sites for hydroxylation is 1. The van der Waals surface area contributed by atoms with Crippen molar-refractivity contribution in [2.45, 2.75) is 20.8 Å². The summed E-state index contributed by atoms with van der Waals surface area (Å²) in [6.07, 6.45) is 1.13. The Labute approximate surface area is 161 Å². The van der Waals surface area contributed by atoms with Crippen LogP contribution < -0.4 is 14.4 Å². The summed E-state index contributed by atoms with van der Waals surface area (Å²) in [5.74, 6) is 0.540. The molecule has 0 spiro atoms. The molecule has 0 unspecified atom stereocenters. The molecule has 0 heterocycles. The van der Waals surface area contributed by atoms with Crippen LogP contribution in [-0.2, 0) is 10.0 Å². The fourth-order valence-electron chi connectivity index (χ4n) is 2.69. The van der Waals surface area contributed by atoms with Crippen LogP contribution in [0.1, 0.15) is 27.0 Å². The number of benzene rings is 2. The number of hydrogen-bond donors (Lipinski definition) is 1. The van der Waals surface area contributed by atoms with Crippen LogP contribution in [0.2, 0.25) is 0 Å². The molecule has 0 aromatic heterocycles. The van der Waals surface area contributed by atoms with Gasteiger partial charge >= 0.3 is 0 Å². The zero-order valence-electron chi connectivity index (χ0n) is 16.4. The lowest BCUT2D eigenvalue weighted by Gasteiger charge is -2.20. The molecular formula is C20H26N2O4S. The third-order valence-corrected chi connectivity index (χ3v) is 5.78. The Morgan fingerprint density at radius 1 is 1.07 bits per heavy atom.